The zero-order valence-corrected chi connectivity index (χ0v) is 13.9. The third-order valence-corrected chi connectivity index (χ3v) is 4.66. The molecule has 130 valence electrons. The molecular weight excluding hydrogens is 320 g/mol. The molecule has 0 radical (unpaired) electrons. The van der Waals surface area contributed by atoms with Gasteiger partial charge >= 0.3 is 5.97 Å². The molecule has 0 aliphatic heterocycles. The van der Waals surface area contributed by atoms with Crippen LogP contribution in [0.2, 0.25) is 0 Å². The summed E-state index contributed by atoms with van der Waals surface area (Å²) in [6, 6.07) is 8.43. The first-order chi connectivity index (χ1) is 11.9. The van der Waals surface area contributed by atoms with E-state index in [9.17, 15) is 20.1 Å². The Bertz CT molecular complexity index is 817. The molecule has 0 fully saturated rings. The van der Waals surface area contributed by atoms with E-state index in [1.165, 1.54) is 6.07 Å². The van der Waals surface area contributed by atoms with Crippen LogP contribution in [-0.4, -0.2) is 27.4 Å². The Balaban J connectivity index is 2.03. The number of aromatic hydroxyl groups is 3. The number of phenols is 3. The third kappa shape index (κ3) is 3.31. The van der Waals surface area contributed by atoms with Gasteiger partial charge in [-0.05, 0) is 53.8 Å². The SMILES string of the molecule is C=CC(=O)OC1Cc2ccc(O)cc2CC1c1cc(C)c(O)c(O)c1. The summed E-state index contributed by atoms with van der Waals surface area (Å²) in [4.78, 5) is 11.7. The summed E-state index contributed by atoms with van der Waals surface area (Å²) in [6.07, 6.45) is 1.75. The largest absolute Gasteiger partial charge is 0.508 e. The molecule has 0 bridgehead atoms. The lowest BCUT2D eigenvalue weighted by Crippen LogP contribution is -2.32. The average molecular weight is 340 g/mol. The molecule has 1 aliphatic rings. The molecule has 25 heavy (non-hydrogen) atoms. The highest BCUT2D eigenvalue weighted by molar-refractivity contribution is 5.81. The van der Waals surface area contributed by atoms with Crippen molar-refractivity contribution in [3.8, 4) is 17.2 Å². The van der Waals surface area contributed by atoms with Gasteiger partial charge in [0.25, 0.3) is 0 Å². The Morgan fingerprint density at radius 2 is 1.92 bits per heavy atom. The second-order valence-corrected chi connectivity index (χ2v) is 6.35. The topological polar surface area (TPSA) is 87.0 Å². The number of ether oxygens (including phenoxy) is 1. The monoisotopic (exact) mass is 340 g/mol. The molecule has 0 heterocycles. The van der Waals surface area contributed by atoms with Gasteiger partial charge < -0.3 is 20.1 Å². The molecule has 1 aliphatic carbocycles. The van der Waals surface area contributed by atoms with E-state index in [0.29, 0.717) is 18.4 Å². The molecule has 0 aromatic heterocycles. The summed E-state index contributed by atoms with van der Waals surface area (Å²) in [7, 11) is 0. The van der Waals surface area contributed by atoms with Crippen molar-refractivity contribution in [2.45, 2.75) is 31.8 Å². The van der Waals surface area contributed by atoms with Crippen LogP contribution < -0.4 is 0 Å². The number of rotatable bonds is 3. The Morgan fingerprint density at radius 3 is 2.60 bits per heavy atom. The summed E-state index contributed by atoms with van der Waals surface area (Å²) < 4.78 is 5.54. The summed E-state index contributed by atoms with van der Waals surface area (Å²) in [5.41, 5.74) is 3.30. The molecule has 5 nitrogen and oxygen atoms in total. The van der Waals surface area contributed by atoms with Crippen molar-refractivity contribution in [3.05, 3.63) is 65.2 Å². The maximum Gasteiger partial charge on any atom is 0.330 e. The van der Waals surface area contributed by atoms with Crippen molar-refractivity contribution >= 4 is 5.97 Å². The molecule has 0 saturated heterocycles. The van der Waals surface area contributed by atoms with Crippen LogP contribution in [0.4, 0.5) is 0 Å². The fourth-order valence-corrected chi connectivity index (χ4v) is 3.38. The lowest BCUT2D eigenvalue weighted by Gasteiger charge is -2.33. The van der Waals surface area contributed by atoms with Gasteiger partial charge in [-0.3, -0.25) is 0 Å². The van der Waals surface area contributed by atoms with E-state index >= 15 is 0 Å². The first kappa shape index (κ1) is 16.9. The highest BCUT2D eigenvalue weighted by Gasteiger charge is 2.33. The van der Waals surface area contributed by atoms with Crippen LogP contribution >= 0.6 is 0 Å². The van der Waals surface area contributed by atoms with Crippen molar-refractivity contribution in [1.29, 1.82) is 0 Å². The summed E-state index contributed by atoms with van der Waals surface area (Å²) in [5.74, 6) is -0.883. The minimum atomic E-state index is -0.503. The van der Waals surface area contributed by atoms with E-state index in [-0.39, 0.29) is 23.2 Å². The van der Waals surface area contributed by atoms with Gasteiger partial charge in [-0.15, -0.1) is 0 Å². The summed E-state index contributed by atoms with van der Waals surface area (Å²) in [5, 5.41) is 29.5. The van der Waals surface area contributed by atoms with Crippen molar-refractivity contribution in [2.24, 2.45) is 0 Å². The maximum atomic E-state index is 11.7. The van der Waals surface area contributed by atoms with Crippen molar-refractivity contribution in [3.63, 3.8) is 0 Å². The quantitative estimate of drug-likeness (QED) is 0.454. The standard InChI is InChI=1S/C20H20O5/c1-3-19(23)25-18-10-12-4-5-15(21)7-13(12)8-16(18)14-6-11(2)20(24)17(22)9-14/h3-7,9,16,18,21-22,24H,1,8,10H2,2H3. The Hall–Kier alpha value is -2.95. The molecule has 0 spiro atoms. The van der Waals surface area contributed by atoms with Crippen molar-refractivity contribution in [1.82, 2.24) is 0 Å². The molecular formula is C20H20O5. The third-order valence-electron chi connectivity index (χ3n) is 4.66. The molecule has 0 amide bonds. The van der Waals surface area contributed by atoms with Gasteiger partial charge in [0.15, 0.2) is 11.5 Å². The number of hydrogen-bond donors (Lipinski definition) is 3. The van der Waals surface area contributed by atoms with Crippen LogP contribution in [0.3, 0.4) is 0 Å². The van der Waals surface area contributed by atoms with Gasteiger partial charge in [0.05, 0.1) is 0 Å². The van der Waals surface area contributed by atoms with Crippen molar-refractivity contribution in [2.75, 3.05) is 0 Å². The summed E-state index contributed by atoms with van der Waals surface area (Å²) >= 11 is 0. The number of hydrogen-bond acceptors (Lipinski definition) is 5. The fraction of sp³-hybridized carbons (Fsp3) is 0.250. The summed E-state index contributed by atoms with van der Waals surface area (Å²) in [6.45, 7) is 5.14. The van der Waals surface area contributed by atoms with E-state index in [1.807, 2.05) is 6.07 Å². The second kappa shape index (κ2) is 6.51. The predicted octanol–water partition coefficient (Wildman–Crippen LogP) is 3.09. The lowest BCUT2D eigenvalue weighted by atomic mass is 9.77. The molecule has 5 heteroatoms. The van der Waals surface area contributed by atoms with Gasteiger partial charge in [-0.2, -0.15) is 0 Å². The van der Waals surface area contributed by atoms with E-state index in [1.54, 1.807) is 25.1 Å². The Morgan fingerprint density at radius 1 is 1.16 bits per heavy atom. The molecule has 0 saturated carbocycles. The van der Waals surface area contributed by atoms with Gasteiger partial charge in [0, 0.05) is 18.4 Å². The van der Waals surface area contributed by atoms with Crippen LogP contribution in [0.5, 0.6) is 17.2 Å². The van der Waals surface area contributed by atoms with E-state index in [0.717, 1.165) is 22.8 Å². The minimum Gasteiger partial charge on any atom is -0.508 e. The number of phenolic OH excluding ortho intramolecular Hbond substituents is 3. The molecule has 2 unspecified atom stereocenters. The number of carbonyl (C=O) groups is 1. The molecule has 3 N–H and O–H groups in total. The van der Waals surface area contributed by atoms with Crippen LogP contribution in [-0.2, 0) is 22.4 Å². The zero-order chi connectivity index (χ0) is 18.1. The van der Waals surface area contributed by atoms with Crippen LogP contribution in [0.1, 0.15) is 28.2 Å². The molecule has 2 aromatic rings. The first-order valence-electron chi connectivity index (χ1n) is 8.05. The molecule has 2 aromatic carbocycles. The van der Waals surface area contributed by atoms with Gasteiger partial charge in [-0.1, -0.05) is 18.7 Å². The highest BCUT2D eigenvalue weighted by Crippen LogP contribution is 2.40. The predicted molar refractivity (Wildman–Crippen MR) is 92.8 cm³/mol. The number of carbonyl (C=O) groups excluding carboxylic acids is 1. The highest BCUT2D eigenvalue weighted by atomic mass is 16.5. The maximum absolute atomic E-state index is 11.7. The Labute approximate surface area is 145 Å². The average Bonchev–Trinajstić information content (AvgIpc) is 2.58. The van der Waals surface area contributed by atoms with Crippen LogP contribution in [0, 0.1) is 6.92 Å². The molecule has 2 atom stereocenters. The van der Waals surface area contributed by atoms with Crippen LogP contribution in [0.25, 0.3) is 0 Å². The van der Waals surface area contributed by atoms with Crippen molar-refractivity contribution < 1.29 is 24.9 Å². The molecule has 3 rings (SSSR count). The van der Waals surface area contributed by atoms with Crippen LogP contribution in [0.15, 0.2) is 43.0 Å². The fourth-order valence-electron chi connectivity index (χ4n) is 3.38. The lowest BCUT2D eigenvalue weighted by molar-refractivity contribution is -0.144. The van der Waals surface area contributed by atoms with E-state index in [4.69, 9.17) is 4.74 Å². The smallest absolute Gasteiger partial charge is 0.330 e. The van der Waals surface area contributed by atoms with Gasteiger partial charge in [0.2, 0.25) is 0 Å². The van der Waals surface area contributed by atoms with E-state index < -0.39 is 12.1 Å². The number of fused-ring (bicyclic) bond motifs is 1. The normalized spacial score (nSPS) is 19.1. The second-order valence-electron chi connectivity index (χ2n) is 6.35. The number of benzene rings is 2. The number of aryl methyl sites for hydroxylation is 1. The van der Waals surface area contributed by atoms with Gasteiger partial charge in [0.1, 0.15) is 11.9 Å². The van der Waals surface area contributed by atoms with Gasteiger partial charge in [-0.25, -0.2) is 4.79 Å². The minimum absolute atomic E-state index is 0.155. The number of esters is 1. The zero-order valence-electron chi connectivity index (χ0n) is 13.9. The first-order valence-corrected chi connectivity index (χ1v) is 8.05. The van der Waals surface area contributed by atoms with E-state index in [2.05, 4.69) is 6.58 Å². The Kier molecular flexibility index (Phi) is 4.40.